The fourth-order valence-electron chi connectivity index (χ4n) is 2.28. The first-order valence-corrected chi connectivity index (χ1v) is 6.68. The molecule has 0 saturated heterocycles. The third-order valence-corrected chi connectivity index (χ3v) is 3.36. The van der Waals surface area contributed by atoms with Crippen LogP contribution in [0, 0.1) is 6.92 Å². The maximum atomic E-state index is 11.7. The Morgan fingerprint density at radius 2 is 2.10 bits per heavy atom. The number of halogens is 1. The van der Waals surface area contributed by atoms with Gasteiger partial charge in [0.2, 0.25) is 0 Å². The van der Waals surface area contributed by atoms with Gasteiger partial charge >= 0.3 is 5.97 Å². The van der Waals surface area contributed by atoms with E-state index in [0.29, 0.717) is 11.3 Å². The Labute approximate surface area is 126 Å². The molecule has 0 radical (unpaired) electrons. The minimum Gasteiger partial charge on any atom is -0.465 e. The average molecular weight is 302 g/mol. The van der Waals surface area contributed by atoms with Gasteiger partial charge in [-0.15, -0.1) is 0 Å². The van der Waals surface area contributed by atoms with Crippen LogP contribution < -0.4 is 0 Å². The van der Waals surface area contributed by atoms with Crippen LogP contribution in [0.15, 0.2) is 36.5 Å². The van der Waals surface area contributed by atoms with E-state index in [0.717, 1.165) is 17.0 Å². The molecule has 0 aromatic carbocycles. The van der Waals surface area contributed by atoms with Crippen LogP contribution in [0.25, 0.3) is 17.0 Å². The van der Waals surface area contributed by atoms with Crippen LogP contribution in [0.4, 0.5) is 0 Å². The zero-order valence-electron chi connectivity index (χ0n) is 11.5. The van der Waals surface area contributed by atoms with Crippen molar-refractivity contribution < 1.29 is 9.53 Å². The van der Waals surface area contributed by atoms with Gasteiger partial charge in [0.15, 0.2) is 0 Å². The van der Waals surface area contributed by atoms with Crippen molar-refractivity contribution in [1.29, 1.82) is 0 Å². The average Bonchev–Trinajstić information content (AvgIpc) is 2.81. The molecule has 0 aliphatic carbocycles. The van der Waals surface area contributed by atoms with Crippen molar-refractivity contribution in [1.82, 2.24) is 14.4 Å². The Morgan fingerprint density at radius 1 is 1.29 bits per heavy atom. The van der Waals surface area contributed by atoms with Crippen LogP contribution in [-0.4, -0.2) is 27.4 Å². The summed E-state index contributed by atoms with van der Waals surface area (Å²) in [5, 5.41) is 0.234. The summed E-state index contributed by atoms with van der Waals surface area (Å²) >= 11 is 6.02. The number of rotatable bonds is 2. The predicted octanol–water partition coefficient (Wildman–Crippen LogP) is 3.14. The van der Waals surface area contributed by atoms with E-state index in [1.165, 1.54) is 13.2 Å². The van der Waals surface area contributed by atoms with Crippen LogP contribution in [0.3, 0.4) is 0 Å². The second-order valence-electron chi connectivity index (χ2n) is 4.53. The molecule has 0 amide bonds. The Bertz CT molecular complexity index is 842. The van der Waals surface area contributed by atoms with Crippen molar-refractivity contribution >= 4 is 23.2 Å². The molecule has 5 nitrogen and oxygen atoms in total. The Morgan fingerprint density at radius 3 is 2.86 bits per heavy atom. The number of carbonyl (C=O) groups excluding carboxylic acids is 1. The lowest BCUT2D eigenvalue weighted by molar-refractivity contribution is 0.0600. The summed E-state index contributed by atoms with van der Waals surface area (Å²) in [6.45, 7) is 1.89. The largest absolute Gasteiger partial charge is 0.465 e. The van der Waals surface area contributed by atoms with Crippen molar-refractivity contribution in [3.05, 3.63) is 52.9 Å². The predicted molar refractivity (Wildman–Crippen MR) is 79.5 cm³/mol. The number of esters is 1. The third kappa shape index (κ3) is 2.36. The summed E-state index contributed by atoms with van der Waals surface area (Å²) < 4.78 is 6.65. The normalized spacial score (nSPS) is 10.8. The van der Waals surface area contributed by atoms with Crippen molar-refractivity contribution in [2.24, 2.45) is 0 Å². The summed E-state index contributed by atoms with van der Waals surface area (Å²) in [6.07, 6.45) is 1.89. The van der Waals surface area contributed by atoms with Gasteiger partial charge in [-0.2, -0.15) is 0 Å². The van der Waals surface area contributed by atoms with Gasteiger partial charge < -0.3 is 4.74 Å². The molecule has 3 aromatic heterocycles. The van der Waals surface area contributed by atoms with Gasteiger partial charge in [0.1, 0.15) is 10.8 Å². The molecule has 0 bridgehead atoms. The van der Waals surface area contributed by atoms with Crippen molar-refractivity contribution in [2.75, 3.05) is 7.11 Å². The van der Waals surface area contributed by atoms with Crippen LogP contribution >= 0.6 is 11.6 Å². The molecule has 0 saturated carbocycles. The Balaban J connectivity index is 2.25. The molecule has 21 heavy (non-hydrogen) atoms. The first kappa shape index (κ1) is 13.6. The highest BCUT2D eigenvalue weighted by Crippen LogP contribution is 2.26. The van der Waals surface area contributed by atoms with E-state index in [4.69, 9.17) is 16.3 Å². The molecule has 0 aliphatic heterocycles. The summed E-state index contributed by atoms with van der Waals surface area (Å²) in [4.78, 5) is 20.5. The fourth-order valence-corrected chi connectivity index (χ4v) is 2.48. The summed E-state index contributed by atoms with van der Waals surface area (Å²) in [5.41, 5.74) is 3.37. The molecule has 3 aromatic rings. The van der Waals surface area contributed by atoms with Crippen molar-refractivity contribution in [2.45, 2.75) is 6.92 Å². The molecule has 3 rings (SSSR count). The Hall–Kier alpha value is -2.40. The van der Waals surface area contributed by atoms with Gasteiger partial charge in [-0.05, 0) is 31.2 Å². The van der Waals surface area contributed by atoms with Gasteiger partial charge in [0, 0.05) is 6.20 Å². The minimum atomic E-state index is -0.452. The number of nitrogens with zero attached hydrogens (tertiary/aromatic N) is 3. The number of imidazole rings is 1. The molecule has 6 heteroatoms. The number of hydrogen-bond acceptors (Lipinski definition) is 4. The van der Waals surface area contributed by atoms with Gasteiger partial charge in [0.05, 0.1) is 29.8 Å². The van der Waals surface area contributed by atoms with E-state index in [2.05, 4.69) is 9.97 Å². The Kier molecular flexibility index (Phi) is 3.35. The van der Waals surface area contributed by atoms with Gasteiger partial charge in [-0.3, -0.25) is 4.40 Å². The topological polar surface area (TPSA) is 56.5 Å². The van der Waals surface area contributed by atoms with E-state index >= 15 is 0 Å². The number of aromatic nitrogens is 3. The zero-order chi connectivity index (χ0) is 15.0. The first-order chi connectivity index (χ1) is 10.1. The van der Waals surface area contributed by atoms with Crippen molar-refractivity contribution in [3.63, 3.8) is 0 Å². The van der Waals surface area contributed by atoms with Gasteiger partial charge in [-0.1, -0.05) is 17.7 Å². The SMILES string of the molecule is COC(=O)c1cc(Cl)nc(-c2c(C)nc3ccccn23)c1. The highest BCUT2D eigenvalue weighted by molar-refractivity contribution is 6.29. The molecule has 0 aliphatic rings. The monoisotopic (exact) mass is 301 g/mol. The maximum Gasteiger partial charge on any atom is 0.338 e. The van der Waals surface area contributed by atoms with E-state index < -0.39 is 5.97 Å². The molecular formula is C15H12ClN3O2. The third-order valence-electron chi connectivity index (χ3n) is 3.16. The smallest absolute Gasteiger partial charge is 0.338 e. The molecule has 0 fully saturated rings. The molecular weight excluding hydrogens is 290 g/mol. The number of carbonyl (C=O) groups is 1. The molecule has 0 spiro atoms. The van der Waals surface area contributed by atoms with E-state index in [1.807, 2.05) is 35.7 Å². The lowest BCUT2D eigenvalue weighted by Crippen LogP contribution is -2.03. The van der Waals surface area contributed by atoms with Gasteiger partial charge in [-0.25, -0.2) is 14.8 Å². The molecule has 106 valence electrons. The number of pyridine rings is 2. The lowest BCUT2D eigenvalue weighted by Gasteiger charge is -2.06. The zero-order valence-corrected chi connectivity index (χ0v) is 12.3. The second kappa shape index (κ2) is 5.18. The van der Waals surface area contributed by atoms with E-state index in [1.54, 1.807) is 6.07 Å². The van der Waals surface area contributed by atoms with Crippen LogP contribution in [-0.2, 0) is 4.74 Å². The quantitative estimate of drug-likeness (QED) is 0.539. The van der Waals surface area contributed by atoms with E-state index in [-0.39, 0.29) is 5.15 Å². The number of hydrogen-bond donors (Lipinski definition) is 0. The second-order valence-corrected chi connectivity index (χ2v) is 4.92. The fraction of sp³-hybridized carbons (Fsp3) is 0.133. The minimum absolute atomic E-state index is 0.234. The molecule has 3 heterocycles. The molecule has 0 unspecified atom stereocenters. The summed E-state index contributed by atoms with van der Waals surface area (Å²) in [5.74, 6) is -0.452. The standard InChI is InChI=1S/C15H12ClN3O2/c1-9-14(19-6-4-3-5-13(19)17-9)11-7-10(15(20)21-2)8-12(16)18-11/h3-8H,1-2H3. The van der Waals surface area contributed by atoms with Crippen LogP contribution in [0.1, 0.15) is 16.1 Å². The number of ether oxygens (including phenoxy) is 1. The van der Waals surface area contributed by atoms with E-state index in [9.17, 15) is 4.79 Å². The first-order valence-electron chi connectivity index (χ1n) is 6.30. The number of aryl methyl sites for hydroxylation is 1. The highest BCUT2D eigenvalue weighted by atomic mass is 35.5. The van der Waals surface area contributed by atoms with Crippen LogP contribution in [0.2, 0.25) is 5.15 Å². The lowest BCUT2D eigenvalue weighted by atomic mass is 10.1. The molecule has 0 N–H and O–H groups in total. The molecule has 0 atom stereocenters. The van der Waals surface area contributed by atoms with Crippen LogP contribution in [0.5, 0.6) is 0 Å². The number of methoxy groups -OCH3 is 1. The maximum absolute atomic E-state index is 11.7. The number of fused-ring (bicyclic) bond motifs is 1. The summed E-state index contributed by atoms with van der Waals surface area (Å²) in [6, 6.07) is 8.86. The summed E-state index contributed by atoms with van der Waals surface area (Å²) in [7, 11) is 1.33. The van der Waals surface area contributed by atoms with Gasteiger partial charge in [0.25, 0.3) is 0 Å². The van der Waals surface area contributed by atoms with Crippen molar-refractivity contribution in [3.8, 4) is 11.4 Å². The highest BCUT2D eigenvalue weighted by Gasteiger charge is 2.16.